The Morgan fingerprint density at radius 2 is 1.35 bits per heavy atom. The molecule has 2 aliphatic carbocycles. The van der Waals surface area contributed by atoms with Crippen LogP contribution in [-0.2, 0) is 26.0 Å². The van der Waals surface area contributed by atoms with E-state index in [4.69, 9.17) is 5.11 Å². The van der Waals surface area contributed by atoms with Crippen molar-refractivity contribution in [2.45, 2.75) is 205 Å². The Morgan fingerprint density at radius 3 is 1.82 bits per heavy atom. The molecule has 2 aromatic rings. The van der Waals surface area contributed by atoms with Crippen molar-refractivity contribution in [3.63, 3.8) is 0 Å². The molecule has 1 heterocycles. The van der Waals surface area contributed by atoms with Crippen molar-refractivity contribution in [1.82, 2.24) is 10.2 Å². The lowest BCUT2D eigenvalue weighted by Gasteiger charge is -2.30. The van der Waals surface area contributed by atoms with E-state index in [1.54, 1.807) is 24.8 Å². The predicted octanol–water partition coefficient (Wildman–Crippen LogP) is 14.4. The molecule has 1 amide bonds. The third-order valence-corrected chi connectivity index (χ3v) is 12.5. The van der Waals surface area contributed by atoms with Crippen LogP contribution in [0.25, 0.3) is 11.1 Å². The van der Waals surface area contributed by atoms with Gasteiger partial charge in [0.25, 0.3) is 5.91 Å². The Hall–Kier alpha value is -2.89. The molecule has 0 aromatic heterocycles. The fourth-order valence-corrected chi connectivity index (χ4v) is 8.06. The standard InChI is InChI=1S/C31H42N2O5S.C6H12O2S.C4H8.C4H10.C3H8.3C2H6/c1-22-9-6-7-13-26(22)28-20-24(21-33-17-8-12-25(33)19-23-10-4-3-5-11-23)14-15-27(28)30(34)32-29(31(35)36)16-18-39(2,37)38;1-5(6(7)8)3-4-9-2;1-4-2-3-4;1-3-4-2;1-3-2;3*1-2/h6-7,9,13-15,20,23,25,29H,3-5,8,10-12,16-19,21H2,1-2H3,(H,32,34)(H,35,36);5H,3-4H2,1-2H3,(H,7,8);4H,2-3H2,1H3;3-4H2,1-2H3;3H2,1-2H3;3*1-2H3. The van der Waals surface area contributed by atoms with E-state index >= 15 is 0 Å². The molecule has 3 atom stereocenters. The fourth-order valence-electron chi connectivity index (χ4n) is 6.81. The second-order valence-electron chi connectivity index (χ2n) is 16.9. The van der Waals surface area contributed by atoms with Crippen molar-refractivity contribution in [2.24, 2.45) is 17.8 Å². The highest BCUT2D eigenvalue weighted by molar-refractivity contribution is 7.98. The van der Waals surface area contributed by atoms with E-state index in [9.17, 15) is 27.9 Å². The van der Waals surface area contributed by atoms with E-state index in [1.165, 1.54) is 83.5 Å². The van der Waals surface area contributed by atoms with Gasteiger partial charge in [-0.1, -0.05) is 178 Å². The van der Waals surface area contributed by atoms with Gasteiger partial charge >= 0.3 is 11.9 Å². The molecule has 9 nitrogen and oxygen atoms in total. The number of carbonyl (C=O) groups excluding carboxylic acids is 1. The largest absolute Gasteiger partial charge is 0.481 e. The molecule has 2 aromatic carbocycles. The number of amides is 1. The second kappa shape index (κ2) is 41.3. The Labute approximate surface area is 404 Å². The minimum atomic E-state index is -3.36. The third-order valence-electron chi connectivity index (χ3n) is 10.9. The lowest BCUT2D eigenvalue weighted by molar-refractivity contribution is -0.141. The number of sulfone groups is 1. The van der Waals surface area contributed by atoms with Gasteiger partial charge in [-0.25, -0.2) is 13.2 Å². The number of likely N-dealkylation sites (tertiary alicyclic amines) is 1. The maximum absolute atomic E-state index is 13.4. The predicted molar refractivity (Wildman–Crippen MR) is 283 cm³/mol. The van der Waals surface area contributed by atoms with Gasteiger partial charge in [-0.3, -0.25) is 14.5 Å². The molecule has 3 N–H and O–H groups in total. The molecule has 3 unspecified atom stereocenters. The average molecular weight is 952 g/mol. The first kappa shape index (κ1) is 66.4. The number of carboxylic acid groups (broad SMARTS) is 2. The molecular weight excluding hydrogens is 853 g/mol. The highest BCUT2D eigenvalue weighted by Gasteiger charge is 2.29. The molecule has 0 spiro atoms. The molecule has 11 heteroatoms. The van der Waals surface area contributed by atoms with Crippen molar-refractivity contribution >= 4 is 39.4 Å². The van der Waals surface area contributed by atoms with Crippen LogP contribution in [0.3, 0.4) is 0 Å². The topological polar surface area (TPSA) is 141 Å². The first-order valence-corrected chi connectivity index (χ1v) is 28.8. The van der Waals surface area contributed by atoms with Crippen molar-refractivity contribution in [2.75, 3.05) is 30.6 Å². The van der Waals surface area contributed by atoms with Gasteiger partial charge in [-0.2, -0.15) is 11.8 Å². The van der Waals surface area contributed by atoms with Crippen LogP contribution in [0.2, 0.25) is 0 Å². The number of carboxylic acids is 2. The highest BCUT2D eigenvalue weighted by Crippen LogP contribution is 2.34. The molecule has 5 rings (SSSR count). The molecule has 2 saturated carbocycles. The van der Waals surface area contributed by atoms with Crippen molar-refractivity contribution in [3.8, 4) is 11.1 Å². The summed E-state index contributed by atoms with van der Waals surface area (Å²) in [5.41, 5.74) is 4.23. The summed E-state index contributed by atoms with van der Waals surface area (Å²) in [6.45, 7) is 28.5. The lowest BCUT2D eigenvalue weighted by atomic mass is 9.84. The molecule has 378 valence electrons. The molecule has 65 heavy (non-hydrogen) atoms. The SMILES string of the molecule is CC.CC.CC.CC1CC1.CCC.CCCC.CSCCC(C)C(=O)O.Cc1ccccc1-c1cc(CN2CCCC2CC2CCCCC2)ccc1C(=O)NC(CCS(C)(=O)=O)C(=O)O. The first-order valence-electron chi connectivity index (χ1n) is 25.4. The van der Waals surface area contributed by atoms with E-state index in [-0.39, 0.29) is 18.1 Å². The summed E-state index contributed by atoms with van der Waals surface area (Å²) < 4.78 is 23.2. The molecule has 0 radical (unpaired) electrons. The zero-order valence-corrected chi connectivity index (χ0v) is 45.7. The van der Waals surface area contributed by atoms with Gasteiger partial charge in [0.15, 0.2) is 0 Å². The van der Waals surface area contributed by atoms with E-state index in [1.807, 2.05) is 85.1 Å². The molecular formula is C54H98N2O7S2. The zero-order valence-electron chi connectivity index (χ0n) is 44.1. The third kappa shape index (κ3) is 32.5. The second-order valence-corrected chi connectivity index (χ2v) is 20.1. The van der Waals surface area contributed by atoms with Gasteiger partial charge < -0.3 is 15.5 Å². The maximum Gasteiger partial charge on any atom is 0.326 e. The summed E-state index contributed by atoms with van der Waals surface area (Å²) in [6, 6.07) is 13.0. The Bertz CT molecular complexity index is 1610. The van der Waals surface area contributed by atoms with Crippen LogP contribution in [0.4, 0.5) is 0 Å². The maximum atomic E-state index is 13.4. The van der Waals surface area contributed by atoms with Gasteiger partial charge in [-0.15, -0.1) is 0 Å². The first-order chi connectivity index (χ1) is 31.0. The summed E-state index contributed by atoms with van der Waals surface area (Å²) in [5, 5.41) is 20.6. The number of aliphatic carboxylic acids is 2. The molecule has 1 aliphatic heterocycles. The summed E-state index contributed by atoms with van der Waals surface area (Å²) in [6.07, 6.45) is 21.0. The molecule has 1 saturated heterocycles. The number of nitrogens with zero attached hydrogens (tertiary/aromatic N) is 1. The summed E-state index contributed by atoms with van der Waals surface area (Å²) >= 11 is 1.68. The number of nitrogens with one attached hydrogen (secondary N) is 1. The van der Waals surface area contributed by atoms with Gasteiger partial charge in [-0.05, 0) is 104 Å². The number of rotatable bonds is 16. The Balaban J connectivity index is -0.00000121. The Morgan fingerprint density at radius 1 is 0.800 bits per heavy atom. The van der Waals surface area contributed by atoms with Crippen molar-refractivity contribution in [3.05, 3.63) is 59.2 Å². The van der Waals surface area contributed by atoms with Crippen LogP contribution >= 0.6 is 11.8 Å². The van der Waals surface area contributed by atoms with E-state index in [2.05, 4.69) is 50.9 Å². The minimum Gasteiger partial charge on any atom is -0.481 e. The van der Waals surface area contributed by atoms with Crippen LogP contribution in [0.1, 0.15) is 201 Å². The number of hydrogen-bond donors (Lipinski definition) is 3. The van der Waals surface area contributed by atoms with Crippen LogP contribution in [0.5, 0.6) is 0 Å². The molecule has 3 aliphatic rings. The lowest BCUT2D eigenvalue weighted by Crippen LogP contribution is -2.42. The summed E-state index contributed by atoms with van der Waals surface area (Å²) in [4.78, 5) is 38.0. The number of thioether (sulfide) groups is 1. The Kier molecular flexibility index (Phi) is 42.2. The summed E-state index contributed by atoms with van der Waals surface area (Å²) in [7, 11) is -3.36. The minimum absolute atomic E-state index is 0.183. The average Bonchev–Trinajstić information content (AvgIpc) is 3.98. The number of carbonyl (C=O) groups is 3. The van der Waals surface area contributed by atoms with Crippen LogP contribution in [-0.4, -0.2) is 84.0 Å². The quantitative estimate of drug-likeness (QED) is 0.150. The smallest absolute Gasteiger partial charge is 0.326 e. The van der Waals surface area contributed by atoms with Crippen LogP contribution < -0.4 is 5.32 Å². The van der Waals surface area contributed by atoms with Crippen molar-refractivity contribution in [1.29, 1.82) is 0 Å². The van der Waals surface area contributed by atoms with Crippen LogP contribution in [0.15, 0.2) is 42.5 Å². The molecule has 0 bridgehead atoms. The monoisotopic (exact) mass is 951 g/mol. The van der Waals surface area contributed by atoms with Gasteiger partial charge in [0.1, 0.15) is 15.9 Å². The van der Waals surface area contributed by atoms with Gasteiger partial charge in [0, 0.05) is 24.4 Å². The van der Waals surface area contributed by atoms with Crippen LogP contribution in [0, 0.1) is 24.7 Å². The van der Waals surface area contributed by atoms with E-state index in [0.717, 1.165) is 65.6 Å². The van der Waals surface area contributed by atoms with Gasteiger partial charge in [0.2, 0.25) is 0 Å². The zero-order chi connectivity index (χ0) is 50.4. The number of aryl methyl sites for hydroxylation is 1. The fraction of sp³-hybridized carbons (Fsp3) is 0.722. The van der Waals surface area contributed by atoms with Gasteiger partial charge in [0.05, 0.1) is 11.7 Å². The van der Waals surface area contributed by atoms with E-state index in [0.29, 0.717) is 11.6 Å². The number of hydrogen-bond acceptors (Lipinski definition) is 7. The number of benzene rings is 2. The molecule has 3 fully saturated rings. The normalized spacial score (nSPS) is 16.2. The number of unbranched alkanes of at least 4 members (excludes halogenated alkanes) is 1. The summed E-state index contributed by atoms with van der Waals surface area (Å²) in [5.74, 6) is -0.0976. The van der Waals surface area contributed by atoms with Crippen molar-refractivity contribution < 1.29 is 33.0 Å². The highest BCUT2D eigenvalue weighted by atomic mass is 32.2. The van der Waals surface area contributed by atoms with E-state index < -0.39 is 33.7 Å².